The first-order valence-electron chi connectivity index (χ1n) is 8.84. The van der Waals surface area contributed by atoms with Crippen LogP contribution in [0.25, 0.3) is 11.1 Å². The van der Waals surface area contributed by atoms with Crippen LogP contribution in [0.1, 0.15) is 20.3 Å². The molecule has 0 aromatic heterocycles. The predicted octanol–water partition coefficient (Wildman–Crippen LogP) is 2.60. The van der Waals surface area contributed by atoms with Gasteiger partial charge in [0.1, 0.15) is 0 Å². The van der Waals surface area contributed by atoms with Crippen LogP contribution in [0, 0.1) is 0 Å². The highest BCUT2D eigenvalue weighted by molar-refractivity contribution is 7.99. The maximum Gasteiger partial charge on any atom is 0.244 e. The first-order valence-corrected chi connectivity index (χ1v) is 11.3. The molecular weight excluding hydrogens is 414 g/mol. The molecule has 0 unspecified atom stereocenters. The minimum absolute atomic E-state index is 0.0203. The molecule has 0 aliphatic rings. The van der Waals surface area contributed by atoms with E-state index in [9.17, 15) is 18.0 Å². The molecule has 156 valence electrons. The molecule has 0 fully saturated rings. The van der Waals surface area contributed by atoms with Gasteiger partial charge in [0, 0.05) is 36.0 Å². The fraction of sp³-hybridized carbons (Fsp3) is 0.263. The number of carbonyl (C=O) groups is 2. The molecule has 0 aliphatic carbocycles. The van der Waals surface area contributed by atoms with E-state index in [1.54, 1.807) is 17.8 Å². The summed E-state index contributed by atoms with van der Waals surface area (Å²) < 4.78 is 28.0. The van der Waals surface area contributed by atoms with Crippen LogP contribution in [0.3, 0.4) is 0 Å². The van der Waals surface area contributed by atoms with E-state index in [2.05, 4.69) is 10.0 Å². The summed E-state index contributed by atoms with van der Waals surface area (Å²) >= 11 is 1.67. The topological polar surface area (TPSA) is 125 Å². The molecule has 8 nitrogen and oxygen atoms in total. The van der Waals surface area contributed by atoms with E-state index >= 15 is 0 Å². The minimum atomic E-state index is -3.94. The number of carbonyl (C=O) groups excluding carboxylic acids is 2. The SMILES string of the molecule is CCSc1ccc(-c2cc(NC(C)=O)ccc2S(=O)(=O)NCCC(=O)NO)cc1. The fourth-order valence-electron chi connectivity index (χ4n) is 2.60. The first-order chi connectivity index (χ1) is 13.8. The monoisotopic (exact) mass is 437 g/mol. The van der Waals surface area contributed by atoms with Crippen LogP contribution < -0.4 is 15.5 Å². The molecule has 0 radical (unpaired) electrons. The molecule has 0 atom stereocenters. The number of hydrogen-bond acceptors (Lipinski definition) is 6. The lowest BCUT2D eigenvalue weighted by Crippen LogP contribution is -2.29. The lowest BCUT2D eigenvalue weighted by Gasteiger charge is -2.14. The molecule has 4 N–H and O–H groups in total. The Morgan fingerprint density at radius 1 is 1.10 bits per heavy atom. The summed E-state index contributed by atoms with van der Waals surface area (Å²) in [4.78, 5) is 23.6. The van der Waals surface area contributed by atoms with Gasteiger partial charge in [0.25, 0.3) is 0 Å². The van der Waals surface area contributed by atoms with Gasteiger partial charge in [-0.1, -0.05) is 19.1 Å². The van der Waals surface area contributed by atoms with Crippen molar-refractivity contribution < 1.29 is 23.2 Å². The fourth-order valence-corrected chi connectivity index (χ4v) is 4.50. The van der Waals surface area contributed by atoms with E-state index in [4.69, 9.17) is 5.21 Å². The van der Waals surface area contributed by atoms with Crippen LogP contribution in [0.4, 0.5) is 5.69 Å². The number of thioether (sulfide) groups is 1. The smallest absolute Gasteiger partial charge is 0.244 e. The Labute approximate surface area is 174 Å². The molecule has 0 spiro atoms. The van der Waals surface area contributed by atoms with E-state index in [0.717, 1.165) is 10.6 Å². The van der Waals surface area contributed by atoms with Gasteiger partial charge in [-0.3, -0.25) is 14.8 Å². The molecule has 0 bridgehead atoms. The van der Waals surface area contributed by atoms with Gasteiger partial charge in [-0.25, -0.2) is 18.6 Å². The summed E-state index contributed by atoms with van der Waals surface area (Å²) in [5.74, 6) is -0.0465. The quantitative estimate of drug-likeness (QED) is 0.272. The van der Waals surface area contributed by atoms with Gasteiger partial charge in [-0.05, 0) is 41.6 Å². The van der Waals surface area contributed by atoms with Crippen LogP contribution >= 0.6 is 11.8 Å². The number of amides is 2. The van der Waals surface area contributed by atoms with Gasteiger partial charge in [0.05, 0.1) is 4.90 Å². The van der Waals surface area contributed by atoms with Gasteiger partial charge < -0.3 is 5.32 Å². The molecule has 0 heterocycles. The Bertz CT molecular complexity index is 976. The summed E-state index contributed by atoms with van der Waals surface area (Å²) in [7, 11) is -3.94. The van der Waals surface area contributed by atoms with E-state index < -0.39 is 15.9 Å². The van der Waals surface area contributed by atoms with Crippen molar-refractivity contribution in [2.24, 2.45) is 0 Å². The highest BCUT2D eigenvalue weighted by Gasteiger charge is 2.20. The van der Waals surface area contributed by atoms with E-state index in [0.29, 0.717) is 16.8 Å². The molecule has 0 saturated carbocycles. The van der Waals surface area contributed by atoms with Crippen molar-refractivity contribution in [1.29, 1.82) is 0 Å². The first kappa shape index (κ1) is 22.9. The number of benzene rings is 2. The Balaban J connectivity index is 2.42. The molecule has 0 aliphatic heterocycles. The maximum atomic E-state index is 12.8. The molecule has 2 aromatic carbocycles. The molecule has 29 heavy (non-hydrogen) atoms. The number of anilines is 1. The van der Waals surface area contributed by atoms with Gasteiger partial charge in [0.15, 0.2) is 0 Å². The molecule has 0 saturated heterocycles. The van der Waals surface area contributed by atoms with Crippen molar-refractivity contribution >= 4 is 39.3 Å². The van der Waals surface area contributed by atoms with Gasteiger partial charge >= 0.3 is 0 Å². The summed E-state index contributed by atoms with van der Waals surface area (Å²) in [5.41, 5.74) is 3.02. The third-order valence-electron chi connectivity index (χ3n) is 3.83. The Morgan fingerprint density at radius 3 is 2.38 bits per heavy atom. The number of hydrogen-bond donors (Lipinski definition) is 4. The van der Waals surface area contributed by atoms with Gasteiger partial charge in [-0.15, -0.1) is 11.8 Å². The Hall–Kier alpha value is -2.40. The van der Waals surface area contributed by atoms with Crippen molar-refractivity contribution in [2.75, 3.05) is 17.6 Å². The molecule has 10 heteroatoms. The highest BCUT2D eigenvalue weighted by Crippen LogP contribution is 2.31. The van der Waals surface area contributed by atoms with Crippen LogP contribution in [0.15, 0.2) is 52.3 Å². The number of rotatable bonds is 9. The molecule has 2 aromatic rings. The normalized spacial score (nSPS) is 11.1. The van der Waals surface area contributed by atoms with Crippen molar-refractivity contribution in [3.8, 4) is 11.1 Å². The number of sulfonamides is 1. The van der Waals surface area contributed by atoms with Gasteiger partial charge in [0.2, 0.25) is 21.8 Å². The number of nitrogens with one attached hydrogen (secondary N) is 3. The van der Waals surface area contributed by atoms with Crippen molar-refractivity contribution in [1.82, 2.24) is 10.2 Å². The Kier molecular flexibility index (Phi) is 8.21. The van der Waals surface area contributed by atoms with E-state index in [1.165, 1.54) is 24.5 Å². The Morgan fingerprint density at radius 2 is 1.79 bits per heavy atom. The zero-order chi connectivity index (χ0) is 21.4. The average Bonchev–Trinajstić information content (AvgIpc) is 2.68. The van der Waals surface area contributed by atoms with Crippen LogP contribution in [-0.4, -0.2) is 37.7 Å². The molecule has 2 rings (SSSR count). The largest absolute Gasteiger partial charge is 0.326 e. The highest BCUT2D eigenvalue weighted by atomic mass is 32.2. The van der Waals surface area contributed by atoms with E-state index in [-0.39, 0.29) is 23.8 Å². The third kappa shape index (κ3) is 6.57. The summed E-state index contributed by atoms with van der Waals surface area (Å²) in [6.45, 7) is 3.24. The summed E-state index contributed by atoms with van der Waals surface area (Å²) in [5, 5.41) is 11.2. The second-order valence-electron chi connectivity index (χ2n) is 6.03. The standard InChI is InChI=1S/C19H23N3O5S2/c1-3-28-16-7-4-14(5-8-16)17-12-15(21-13(2)23)6-9-18(17)29(26,27)20-11-10-19(24)22-25/h4-9,12,20,25H,3,10-11H2,1-2H3,(H,21,23)(H,22,24). The maximum absolute atomic E-state index is 12.8. The minimum Gasteiger partial charge on any atom is -0.326 e. The summed E-state index contributed by atoms with van der Waals surface area (Å²) in [6.07, 6.45) is -0.210. The zero-order valence-corrected chi connectivity index (χ0v) is 17.7. The molecular formula is C19H23N3O5S2. The van der Waals surface area contributed by atoms with E-state index in [1.807, 2.05) is 31.2 Å². The number of hydroxylamine groups is 1. The second kappa shape index (κ2) is 10.4. The van der Waals surface area contributed by atoms with Crippen LogP contribution in [0.2, 0.25) is 0 Å². The van der Waals surface area contributed by atoms with Crippen LogP contribution in [-0.2, 0) is 19.6 Å². The second-order valence-corrected chi connectivity index (χ2v) is 9.11. The van der Waals surface area contributed by atoms with Crippen molar-refractivity contribution in [3.05, 3.63) is 42.5 Å². The average molecular weight is 438 g/mol. The predicted molar refractivity (Wildman–Crippen MR) is 112 cm³/mol. The lowest BCUT2D eigenvalue weighted by molar-refractivity contribution is -0.129. The molecule has 2 amide bonds. The summed E-state index contributed by atoms with van der Waals surface area (Å²) in [6, 6.07) is 12.0. The lowest BCUT2D eigenvalue weighted by atomic mass is 10.1. The van der Waals surface area contributed by atoms with Crippen LogP contribution in [0.5, 0.6) is 0 Å². The van der Waals surface area contributed by atoms with Crippen molar-refractivity contribution in [2.45, 2.75) is 30.1 Å². The zero-order valence-electron chi connectivity index (χ0n) is 16.1. The third-order valence-corrected chi connectivity index (χ3v) is 6.25. The van der Waals surface area contributed by atoms with Crippen molar-refractivity contribution in [3.63, 3.8) is 0 Å². The van der Waals surface area contributed by atoms with Gasteiger partial charge in [-0.2, -0.15) is 0 Å².